The van der Waals surface area contributed by atoms with Gasteiger partial charge in [0.2, 0.25) is 0 Å². The number of nitrogens with one attached hydrogen (secondary N) is 3. The number of rotatable bonds is 5. The van der Waals surface area contributed by atoms with Gasteiger partial charge in [-0.25, -0.2) is 10.2 Å². The van der Waals surface area contributed by atoms with Crippen molar-refractivity contribution in [2.24, 2.45) is 5.16 Å². The van der Waals surface area contributed by atoms with Crippen LogP contribution >= 0.6 is 23.1 Å². The van der Waals surface area contributed by atoms with Gasteiger partial charge < -0.3 is 14.9 Å². The lowest BCUT2D eigenvalue weighted by molar-refractivity contribution is -0.274. The van der Waals surface area contributed by atoms with Crippen molar-refractivity contribution in [3.05, 3.63) is 40.3 Å². The molecule has 0 aliphatic heterocycles. The zero-order valence-electron chi connectivity index (χ0n) is 17.0. The predicted molar refractivity (Wildman–Crippen MR) is 115 cm³/mol. The van der Waals surface area contributed by atoms with Gasteiger partial charge >= 0.3 is 12.4 Å². The number of oxime groups is 1. The van der Waals surface area contributed by atoms with Crippen molar-refractivity contribution in [1.82, 2.24) is 10.9 Å². The molecule has 0 fully saturated rings. The first-order valence-electron chi connectivity index (χ1n) is 9.25. The van der Waals surface area contributed by atoms with Gasteiger partial charge in [0, 0.05) is 11.3 Å². The minimum Gasteiger partial charge on any atom is -0.406 e. The molecule has 0 radical (unpaired) electrons. The van der Waals surface area contributed by atoms with Gasteiger partial charge in [-0.05, 0) is 55.3 Å². The number of carbonyl (C=O) groups excluding carboxylic acids is 2. The van der Waals surface area contributed by atoms with E-state index in [-0.39, 0.29) is 5.69 Å². The van der Waals surface area contributed by atoms with E-state index in [1.54, 1.807) is 0 Å². The van der Waals surface area contributed by atoms with E-state index >= 15 is 0 Å². The Balaban J connectivity index is 1.62. The van der Waals surface area contributed by atoms with Gasteiger partial charge in [0.05, 0.1) is 14.8 Å². The molecule has 2 aromatic rings. The number of fused-ring (bicyclic) bond motifs is 1. The fraction of sp³-hybridized carbons (Fsp3) is 0.316. The Morgan fingerprint density at radius 3 is 2.50 bits per heavy atom. The predicted octanol–water partition coefficient (Wildman–Crippen LogP) is 4.52. The summed E-state index contributed by atoms with van der Waals surface area (Å²) in [7, 11) is 1.47. The van der Waals surface area contributed by atoms with Crippen molar-refractivity contribution in [1.29, 1.82) is 0 Å². The molecule has 0 bridgehead atoms. The summed E-state index contributed by atoms with van der Waals surface area (Å²) in [5, 5.41) is 6.48. The summed E-state index contributed by atoms with van der Waals surface area (Å²) in [5.41, 5.74) is 7.36. The fourth-order valence-electron chi connectivity index (χ4n) is 3.13. The Bertz CT molecular complexity index is 1020. The van der Waals surface area contributed by atoms with Crippen LogP contribution < -0.4 is 20.9 Å². The van der Waals surface area contributed by atoms with E-state index in [4.69, 9.17) is 4.84 Å². The number of alkyl halides is 3. The van der Waals surface area contributed by atoms with Crippen LogP contribution in [-0.4, -0.2) is 37.4 Å². The van der Waals surface area contributed by atoms with Crippen LogP contribution in [0, 0.1) is 0 Å². The van der Waals surface area contributed by atoms with E-state index in [1.165, 1.54) is 42.3 Å². The normalized spacial score (nSPS) is 14.5. The summed E-state index contributed by atoms with van der Waals surface area (Å²) >= 11 is 2.82. The molecule has 3 amide bonds. The number of amides is 3. The first kappa shape index (κ1) is 23.7. The molecule has 0 unspecified atom stereocenters. The molecule has 8 nitrogen and oxygen atoms in total. The number of carbonyl (C=O) groups is 2. The highest BCUT2D eigenvalue weighted by Gasteiger charge is 2.31. The number of hydrogen-bond donors (Lipinski definition) is 3. The van der Waals surface area contributed by atoms with E-state index in [2.05, 4.69) is 26.1 Å². The second-order valence-electron chi connectivity index (χ2n) is 6.46. The number of nitrogens with zero attached hydrogens (tertiary/aromatic N) is 1. The molecule has 172 valence electrons. The lowest BCUT2D eigenvalue weighted by Crippen LogP contribution is -2.44. The first-order chi connectivity index (χ1) is 15.2. The second kappa shape index (κ2) is 10.1. The molecule has 0 spiro atoms. The molecule has 1 aromatic carbocycles. The Morgan fingerprint density at radius 1 is 1.16 bits per heavy atom. The lowest BCUT2D eigenvalue weighted by Gasteiger charge is -2.16. The van der Waals surface area contributed by atoms with Crippen LogP contribution in [-0.2, 0) is 11.3 Å². The Hall–Kier alpha value is -2.93. The third-order valence-corrected chi connectivity index (χ3v) is 6.68. The molecular formula is C19H19F3N4O4S2. The van der Waals surface area contributed by atoms with Crippen LogP contribution in [0.25, 0.3) is 0 Å². The van der Waals surface area contributed by atoms with Crippen molar-refractivity contribution in [2.75, 3.05) is 18.7 Å². The monoisotopic (exact) mass is 488 g/mol. The van der Waals surface area contributed by atoms with E-state index in [0.717, 1.165) is 46.0 Å². The SMILES string of the molecule is CO/N=C1\CCCc2c(C(=O)NNC(=O)Nc3ccc(OC(F)(F)F)cc3)sc(SC)c21. The number of anilines is 1. The van der Waals surface area contributed by atoms with Crippen molar-refractivity contribution in [3.8, 4) is 5.75 Å². The van der Waals surface area contributed by atoms with Gasteiger partial charge in [0.15, 0.2) is 0 Å². The summed E-state index contributed by atoms with van der Waals surface area (Å²) in [6, 6.07) is 3.82. The lowest BCUT2D eigenvalue weighted by atomic mass is 9.92. The largest absolute Gasteiger partial charge is 0.573 e. The molecule has 0 atom stereocenters. The summed E-state index contributed by atoms with van der Waals surface area (Å²) in [6.45, 7) is 0. The van der Waals surface area contributed by atoms with Crippen LogP contribution in [0.15, 0.2) is 33.6 Å². The molecule has 0 saturated heterocycles. The topological polar surface area (TPSA) is 101 Å². The van der Waals surface area contributed by atoms with E-state index in [9.17, 15) is 22.8 Å². The minimum atomic E-state index is -4.80. The van der Waals surface area contributed by atoms with Crippen molar-refractivity contribution in [2.45, 2.75) is 29.8 Å². The van der Waals surface area contributed by atoms with Gasteiger partial charge in [-0.1, -0.05) is 5.16 Å². The molecule has 1 aromatic heterocycles. The molecule has 1 heterocycles. The summed E-state index contributed by atoms with van der Waals surface area (Å²) in [6.07, 6.45) is -0.620. The molecule has 1 aliphatic rings. The average molecular weight is 489 g/mol. The van der Waals surface area contributed by atoms with E-state index < -0.39 is 24.1 Å². The second-order valence-corrected chi connectivity index (χ2v) is 8.55. The molecule has 3 N–H and O–H groups in total. The summed E-state index contributed by atoms with van der Waals surface area (Å²) in [4.78, 5) is 30.2. The van der Waals surface area contributed by atoms with Crippen LogP contribution in [0.3, 0.4) is 0 Å². The highest BCUT2D eigenvalue weighted by Crippen LogP contribution is 2.39. The highest BCUT2D eigenvalue weighted by atomic mass is 32.2. The average Bonchev–Trinajstić information content (AvgIpc) is 3.12. The Kier molecular flexibility index (Phi) is 7.51. The number of hydrogen-bond acceptors (Lipinski definition) is 7. The number of urea groups is 1. The zero-order chi connectivity index (χ0) is 23.3. The maximum atomic E-state index is 12.7. The minimum absolute atomic E-state index is 0.213. The van der Waals surface area contributed by atoms with Gasteiger partial charge in [0.25, 0.3) is 5.91 Å². The molecule has 32 heavy (non-hydrogen) atoms. The third-order valence-electron chi connectivity index (χ3n) is 4.33. The Morgan fingerprint density at radius 2 is 1.88 bits per heavy atom. The number of ether oxygens (including phenoxy) is 1. The first-order valence-corrected chi connectivity index (χ1v) is 11.3. The molecule has 0 saturated carbocycles. The molecule has 13 heteroatoms. The van der Waals surface area contributed by atoms with Crippen LogP contribution in [0.4, 0.5) is 23.7 Å². The number of thioether (sulfide) groups is 1. The zero-order valence-corrected chi connectivity index (χ0v) is 18.6. The number of benzene rings is 1. The van der Waals surface area contributed by atoms with Gasteiger partial charge in [0.1, 0.15) is 12.9 Å². The maximum absolute atomic E-state index is 12.7. The summed E-state index contributed by atoms with van der Waals surface area (Å²) in [5.74, 6) is -0.894. The number of thiophene rings is 1. The quantitative estimate of drug-likeness (QED) is 0.424. The van der Waals surface area contributed by atoms with Gasteiger partial charge in [-0.2, -0.15) is 0 Å². The van der Waals surface area contributed by atoms with Crippen LogP contribution in [0.5, 0.6) is 5.75 Å². The smallest absolute Gasteiger partial charge is 0.406 e. The van der Waals surface area contributed by atoms with E-state index in [0.29, 0.717) is 11.3 Å². The van der Waals surface area contributed by atoms with Crippen molar-refractivity contribution >= 4 is 46.4 Å². The summed E-state index contributed by atoms with van der Waals surface area (Å²) < 4.78 is 41.3. The van der Waals surface area contributed by atoms with Crippen LogP contribution in [0.1, 0.15) is 33.6 Å². The number of halogens is 3. The molecule has 3 rings (SSSR count). The van der Waals surface area contributed by atoms with Crippen molar-refractivity contribution < 1.29 is 32.3 Å². The Labute approximate surface area is 189 Å². The number of hydrazine groups is 1. The standard InChI is InChI=1S/C19H19F3N4O4S2/c1-29-26-13-5-3-4-12-14(13)17(31-2)32-15(12)16(27)24-25-18(28)23-10-6-8-11(9-7-10)30-19(20,21)22/h6-9H,3-5H2,1-2H3,(H,24,27)(H2,23,25,28)/b26-13+. The van der Waals surface area contributed by atoms with E-state index in [1.807, 2.05) is 6.26 Å². The van der Waals surface area contributed by atoms with Crippen molar-refractivity contribution in [3.63, 3.8) is 0 Å². The van der Waals surface area contributed by atoms with Crippen LogP contribution in [0.2, 0.25) is 0 Å². The molecular weight excluding hydrogens is 469 g/mol. The van der Waals surface area contributed by atoms with Gasteiger partial charge in [-0.15, -0.1) is 36.3 Å². The highest BCUT2D eigenvalue weighted by molar-refractivity contribution is 8.00. The molecule has 1 aliphatic carbocycles. The fourth-order valence-corrected chi connectivity index (χ4v) is 5.16. The maximum Gasteiger partial charge on any atom is 0.573 e. The third kappa shape index (κ3) is 5.85. The van der Waals surface area contributed by atoms with Gasteiger partial charge in [-0.3, -0.25) is 10.2 Å².